The number of carbonyl (C=O) groups is 2. The largest absolute Gasteiger partial charge is 0.353 e. The van der Waals surface area contributed by atoms with Gasteiger partial charge in [0.25, 0.3) is 5.91 Å². The summed E-state index contributed by atoms with van der Waals surface area (Å²) >= 11 is 0. The lowest BCUT2D eigenvalue weighted by molar-refractivity contribution is 0.0943. The van der Waals surface area contributed by atoms with Gasteiger partial charge in [0.1, 0.15) is 17.3 Å². The van der Waals surface area contributed by atoms with Gasteiger partial charge in [0.15, 0.2) is 5.82 Å². The van der Waals surface area contributed by atoms with E-state index in [2.05, 4.69) is 25.8 Å². The molecule has 3 heterocycles. The molecule has 0 bridgehead atoms. The van der Waals surface area contributed by atoms with Crippen molar-refractivity contribution < 1.29 is 18.4 Å². The number of halogens is 2. The minimum absolute atomic E-state index is 0.0464. The number of carbonyl (C=O) groups excluding carboxylic acids is 2. The van der Waals surface area contributed by atoms with Gasteiger partial charge in [-0.15, -0.1) is 0 Å². The van der Waals surface area contributed by atoms with Gasteiger partial charge in [-0.3, -0.25) is 4.79 Å². The summed E-state index contributed by atoms with van der Waals surface area (Å²) in [5.74, 6) is -1.71. The van der Waals surface area contributed by atoms with Crippen LogP contribution < -0.4 is 20.9 Å². The zero-order valence-corrected chi connectivity index (χ0v) is 22.9. The van der Waals surface area contributed by atoms with Crippen molar-refractivity contribution in [1.82, 2.24) is 25.5 Å². The topological polar surface area (TPSA) is 102 Å². The lowest BCUT2D eigenvalue weighted by atomic mass is 9.97. The second-order valence-electron chi connectivity index (χ2n) is 10.4. The molecule has 210 valence electrons. The molecule has 1 saturated heterocycles. The van der Waals surface area contributed by atoms with E-state index in [1.807, 2.05) is 26.8 Å². The van der Waals surface area contributed by atoms with Crippen LogP contribution in [0.25, 0.3) is 11.3 Å². The zero-order valence-electron chi connectivity index (χ0n) is 22.9. The van der Waals surface area contributed by atoms with Crippen molar-refractivity contribution in [2.24, 2.45) is 0 Å². The number of aryl methyl sites for hydroxylation is 1. The minimum atomic E-state index is -0.893. The van der Waals surface area contributed by atoms with E-state index in [0.717, 1.165) is 55.1 Å². The molecule has 5 rings (SSSR count). The molecule has 3 aromatic rings. The van der Waals surface area contributed by atoms with Crippen LogP contribution in [0.5, 0.6) is 0 Å². The summed E-state index contributed by atoms with van der Waals surface area (Å²) in [6.07, 6.45) is 2.33. The highest BCUT2D eigenvalue weighted by Gasteiger charge is 2.34. The molecule has 40 heavy (non-hydrogen) atoms. The van der Waals surface area contributed by atoms with Crippen LogP contribution in [0.3, 0.4) is 0 Å². The van der Waals surface area contributed by atoms with Crippen LogP contribution in [-0.2, 0) is 6.54 Å². The van der Waals surface area contributed by atoms with Crippen molar-refractivity contribution in [2.45, 2.75) is 46.2 Å². The van der Waals surface area contributed by atoms with Gasteiger partial charge in [-0.1, -0.05) is 12.1 Å². The van der Waals surface area contributed by atoms with Crippen molar-refractivity contribution in [3.8, 4) is 11.3 Å². The molecule has 0 unspecified atom stereocenters. The molecule has 1 fully saturated rings. The van der Waals surface area contributed by atoms with Gasteiger partial charge in [0, 0.05) is 35.8 Å². The van der Waals surface area contributed by atoms with E-state index in [0.29, 0.717) is 28.9 Å². The maximum Gasteiger partial charge on any atom is 0.328 e. The fraction of sp³-hybridized carbons (Fsp3) is 0.379. The minimum Gasteiger partial charge on any atom is -0.353 e. The maximum atomic E-state index is 14.9. The summed E-state index contributed by atoms with van der Waals surface area (Å²) in [5, 5.41) is 8.84. The molecule has 1 aromatic heterocycles. The van der Waals surface area contributed by atoms with Crippen LogP contribution in [0.1, 0.15) is 48.2 Å². The van der Waals surface area contributed by atoms with Gasteiger partial charge in [0.2, 0.25) is 5.95 Å². The first-order chi connectivity index (χ1) is 19.2. The molecule has 2 aliphatic rings. The standard InChI is InChI=1S/C29H33F2N7O2/c1-17(2)34-27(39)19-10-9-18(3)20(15-19)24-21-16-33-29(40)38(25-22(30)7-6-8-23(25)31)26(21)36-28(35-24)32-11-14-37-12-4-5-13-37/h6-10,15,17H,4-5,11-14,16H2,1-3H3,(H,33,40)(H,34,39)(H,32,35,36). The van der Waals surface area contributed by atoms with Crippen LogP contribution in [-0.4, -0.2) is 59.0 Å². The van der Waals surface area contributed by atoms with Crippen LogP contribution >= 0.6 is 0 Å². The molecular formula is C29H33F2N7O2. The first kappa shape index (κ1) is 27.4. The van der Waals surface area contributed by atoms with Gasteiger partial charge >= 0.3 is 6.03 Å². The number of urea groups is 1. The Balaban J connectivity index is 1.63. The van der Waals surface area contributed by atoms with Crippen LogP contribution in [0.4, 0.5) is 31.0 Å². The first-order valence-corrected chi connectivity index (χ1v) is 13.5. The first-order valence-electron chi connectivity index (χ1n) is 13.5. The number of hydrogen-bond donors (Lipinski definition) is 3. The Labute approximate surface area is 232 Å². The van der Waals surface area contributed by atoms with E-state index in [1.165, 1.54) is 6.07 Å². The molecular weight excluding hydrogens is 516 g/mol. The summed E-state index contributed by atoms with van der Waals surface area (Å²) in [6.45, 7) is 9.10. The van der Waals surface area contributed by atoms with E-state index in [-0.39, 0.29) is 30.3 Å². The molecule has 0 radical (unpaired) electrons. The Morgan fingerprint density at radius 2 is 1.82 bits per heavy atom. The molecule has 0 spiro atoms. The van der Waals surface area contributed by atoms with Crippen molar-refractivity contribution in [2.75, 3.05) is 36.4 Å². The van der Waals surface area contributed by atoms with Crippen molar-refractivity contribution in [3.05, 3.63) is 64.7 Å². The second kappa shape index (κ2) is 11.5. The zero-order chi connectivity index (χ0) is 28.4. The molecule has 11 heteroatoms. The lowest BCUT2D eigenvalue weighted by Crippen LogP contribution is -2.43. The number of fused-ring (bicyclic) bond motifs is 1. The quantitative estimate of drug-likeness (QED) is 0.375. The molecule has 9 nitrogen and oxygen atoms in total. The van der Waals surface area contributed by atoms with Crippen molar-refractivity contribution in [1.29, 1.82) is 0 Å². The predicted octanol–water partition coefficient (Wildman–Crippen LogP) is 4.74. The van der Waals surface area contributed by atoms with Crippen LogP contribution in [0.15, 0.2) is 36.4 Å². The number of benzene rings is 2. The number of likely N-dealkylation sites (tertiary alicyclic amines) is 1. The summed E-state index contributed by atoms with van der Waals surface area (Å²) in [7, 11) is 0. The molecule has 0 atom stereocenters. The maximum absolute atomic E-state index is 14.9. The number of rotatable bonds is 8. The SMILES string of the molecule is Cc1ccc(C(=O)NC(C)C)cc1-c1nc(NCCN2CCCC2)nc2c1CNC(=O)N2c1c(F)cccc1F. The fourth-order valence-corrected chi connectivity index (χ4v) is 5.07. The van der Waals surface area contributed by atoms with Crippen molar-refractivity contribution in [3.63, 3.8) is 0 Å². The van der Waals surface area contributed by atoms with Crippen LogP contribution in [0, 0.1) is 18.6 Å². The van der Waals surface area contributed by atoms with E-state index >= 15 is 0 Å². The van der Waals surface area contributed by atoms with Crippen LogP contribution in [0.2, 0.25) is 0 Å². The summed E-state index contributed by atoms with van der Waals surface area (Å²) in [6, 6.07) is 7.99. The molecule has 3 N–H and O–H groups in total. The molecule has 2 aliphatic heterocycles. The Hall–Kier alpha value is -4.12. The van der Waals surface area contributed by atoms with E-state index in [9.17, 15) is 18.4 Å². The van der Waals surface area contributed by atoms with Gasteiger partial charge in [-0.05, 0) is 76.5 Å². The summed E-state index contributed by atoms with van der Waals surface area (Å²) < 4.78 is 29.9. The number of anilines is 3. The normalized spacial score (nSPS) is 15.2. The third kappa shape index (κ3) is 5.60. The summed E-state index contributed by atoms with van der Waals surface area (Å²) in [4.78, 5) is 38.5. The number of amides is 3. The molecule has 2 aromatic carbocycles. The smallest absolute Gasteiger partial charge is 0.328 e. The fourth-order valence-electron chi connectivity index (χ4n) is 5.07. The highest BCUT2D eigenvalue weighted by Crippen LogP contribution is 2.39. The third-order valence-electron chi connectivity index (χ3n) is 7.06. The predicted molar refractivity (Wildman–Crippen MR) is 150 cm³/mol. The Kier molecular flexibility index (Phi) is 7.92. The van der Waals surface area contributed by atoms with E-state index in [1.54, 1.807) is 12.1 Å². The number of aromatic nitrogens is 2. The number of nitrogens with zero attached hydrogens (tertiary/aromatic N) is 4. The lowest BCUT2D eigenvalue weighted by Gasteiger charge is -2.31. The Morgan fingerprint density at radius 3 is 2.52 bits per heavy atom. The van der Waals surface area contributed by atoms with E-state index in [4.69, 9.17) is 4.98 Å². The van der Waals surface area contributed by atoms with Gasteiger partial charge < -0.3 is 20.9 Å². The average Bonchev–Trinajstić information content (AvgIpc) is 3.43. The van der Waals surface area contributed by atoms with E-state index < -0.39 is 23.4 Å². The third-order valence-corrected chi connectivity index (χ3v) is 7.06. The number of para-hydroxylation sites is 1. The molecule has 0 aliphatic carbocycles. The highest BCUT2D eigenvalue weighted by molar-refractivity contribution is 6.02. The van der Waals surface area contributed by atoms with Gasteiger partial charge in [-0.25, -0.2) is 23.5 Å². The Morgan fingerprint density at radius 1 is 1.10 bits per heavy atom. The summed E-state index contributed by atoms with van der Waals surface area (Å²) in [5.41, 5.74) is 2.37. The number of hydrogen-bond acceptors (Lipinski definition) is 6. The highest BCUT2D eigenvalue weighted by atomic mass is 19.1. The monoisotopic (exact) mass is 549 g/mol. The van der Waals surface area contributed by atoms with Gasteiger partial charge in [0.05, 0.1) is 12.2 Å². The second-order valence-corrected chi connectivity index (χ2v) is 10.4. The Bertz CT molecular complexity index is 1420. The number of nitrogens with one attached hydrogen (secondary N) is 3. The van der Waals surface area contributed by atoms with Crippen molar-refractivity contribution >= 4 is 29.4 Å². The molecule has 0 saturated carbocycles. The molecule has 3 amide bonds. The van der Waals surface area contributed by atoms with Gasteiger partial charge in [-0.2, -0.15) is 4.98 Å². The average molecular weight is 550 g/mol.